The molecule has 5 N–H and O–H groups in total. The number of aromatic nitrogens is 3. The Morgan fingerprint density at radius 2 is 1.44 bits per heavy atom. The van der Waals surface area contributed by atoms with Gasteiger partial charge < -0.3 is 15.7 Å². The molecule has 0 bridgehead atoms. The predicted octanol–water partition coefficient (Wildman–Crippen LogP) is 4.48. The van der Waals surface area contributed by atoms with Crippen LogP contribution in [-0.2, 0) is 20.2 Å². The van der Waals surface area contributed by atoms with Crippen molar-refractivity contribution in [3.8, 4) is 5.75 Å². The van der Waals surface area contributed by atoms with Gasteiger partial charge in [0, 0.05) is 23.8 Å². The molecule has 1 heterocycles. The number of phenolic OH excluding ortho intramolecular Hbond substituents is 1. The molecule has 0 saturated carbocycles. The molecule has 0 saturated heterocycles. The minimum Gasteiger partial charge on any atom is -0.505 e. The van der Waals surface area contributed by atoms with Crippen molar-refractivity contribution in [3.63, 3.8) is 0 Å². The highest BCUT2D eigenvalue weighted by Gasteiger charge is 2.20. The third-order valence-corrected chi connectivity index (χ3v) is 6.62. The SMILES string of the molecule is CS(=O)(=O)O.Cc1nc(C)nc(N(C)c2ccc(S(=O)(=O)O)c(N=Nc3c(C)cc4ccc(C)c(N)c4c3O)c2)n1. The highest BCUT2D eigenvalue weighted by molar-refractivity contribution is 7.86. The molecular weight excluding hydrogens is 574 g/mol. The summed E-state index contributed by atoms with van der Waals surface area (Å²) >= 11 is 0. The van der Waals surface area contributed by atoms with Gasteiger partial charge in [0.2, 0.25) is 5.95 Å². The fourth-order valence-corrected chi connectivity index (χ4v) is 4.44. The van der Waals surface area contributed by atoms with Gasteiger partial charge in [-0.3, -0.25) is 9.11 Å². The summed E-state index contributed by atoms with van der Waals surface area (Å²) in [6.45, 7) is 7.04. The first-order valence-corrected chi connectivity index (χ1v) is 15.1. The van der Waals surface area contributed by atoms with E-state index in [1.54, 1.807) is 38.8 Å². The van der Waals surface area contributed by atoms with Crippen LogP contribution in [0.2, 0.25) is 0 Å². The average Bonchev–Trinajstić information content (AvgIpc) is 2.83. The van der Waals surface area contributed by atoms with E-state index in [2.05, 4.69) is 25.2 Å². The van der Waals surface area contributed by atoms with Crippen LogP contribution >= 0.6 is 0 Å². The molecule has 0 aliphatic heterocycles. The van der Waals surface area contributed by atoms with Gasteiger partial charge in [-0.15, -0.1) is 10.2 Å². The van der Waals surface area contributed by atoms with Crippen LogP contribution < -0.4 is 10.6 Å². The molecule has 4 rings (SSSR count). The van der Waals surface area contributed by atoms with Gasteiger partial charge in [-0.05, 0) is 68.5 Å². The third-order valence-electron chi connectivity index (χ3n) is 5.72. The lowest BCUT2D eigenvalue weighted by molar-refractivity contribution is 0.482. The number of azo groups is 1. The lowest BCUT2D eigenvalue weighted by atomic mass is 10.0. The minimum absolute atomic E-state index is 0.128. The molecule has 0 aliphatic carbocycles. The number of aromatic hydroxyl groups is 1. The van der Waals surface area contributed by atoms with E-state index in [1.165, 1.54) is 18.2 Å². The van der Waals surface area contributed by atoms with Gasteiger partial charge >= 0.3 is 0 Å². The zero-order valence-electron chi connectivity index (χ0n) is 23.0. The summed E-state index contributed by atoms with van der Waals surface area (Å²) in [6, 6.07) is 9.62. The topological polar surface area (TPSA) is 222 Å². The lowest BCUT2D eigenvalue weighted by Crippen LogP contribution is -2.15. The number of rotatable bonds is 5. The van der Waals surface area contributed by atoms with Crippen molar-refractivity contribution in [3.05, 3.63) is 59.2 Å². The second-order valence-electron chi connectivity index (χ2n) is 9.13. The van der Waals surface area contributed by atoms with Gasteiger partial charge in [-0.2, -0.15) is 26.8 Å². The maximum Gasteiger partial charge on any atom is 0.296 e. The molecular formula is C25H29N7O7S2. The molecule has 1 aromatic heterocycles. The van der Waals surface area contributed by atoms with E-state index < -0.39 is 25.1 Å². The van der Waals surface area contributed by atoms with Crippen molar-refractivity contribution in [1.82, 2.24) is 15.0 Å². The smallest absolute Gasteiger partial charge is 0.296 e. The Kier molecular flexibility index (Phi) is 8.92. The van der Waals surface area contributed by atoms with E-state index >= 15 is 0 Å². The number of hydrogen-bond acceptors (Lipinski definition) is 12. The van der Waals surface area contributed by atoms with Crippen LogP contribution in [0.4, 0.5) is 28.7 Å². The lowest BCUT2D eigenvalue weighted by Gasteiger charge is -2.18. The fraction of sp³-hybridized carbons (Fsp3) is 0.240. The summed E-state index contributed by atoms with van der Waals surface area (Å²) in [5.74, 6) is 1.22. The highest BCUT2D eigenvalue weighted by Crippen LogP contribution is 2.43. The third kappa shape index (κ3) is 7.69. The summed E-state index contributed by atoms with van der Waals surface area (Å²) in [7, 11) is -6.59. The summed E-state index contributed by atoms with van der Waals surface area (Å²) in [5.41, 5.74) is 8.47. The van der Waals surface area contributed by atoms with E-state index in [9.17, 15) is 26.5 Å². The highest BCUT2D eigenvalue weighted by atomic mass is 32.2. The summed E-state index contributed by atoms with van der Waals surface area (Å²) in [6.07, 6.45) is 0.715. The Bertz CT molecular complexity index is 1870. The number of benzene rings is 3. The molecule has 0 spiro atoms. The van der Waals surface area contributed by atoms with Gasteiger partial charge in [0.15, 0.2) is 5.75 Å². The normalized spacial score (nSPS) is 11.9. The molecule has 0 amide bonds. The standard InChI is InChI=1S/C24H25N7O4S.CH4O3S/c1-12-6-7-16-10-13(2)22(23(32)20(16)21(12)25)30-29-18-11-17(8-9-19(18)36(33,34)35)31(5)24-27-14(3)26-15(4)28-24;1-5(2,3)4/h6-11,32H,25H2,1-5H3,(H,33,34,35);1H3,(H,2,3,4). The number of aryl methyl sites for hydroxylation is 4. The molecule has 0 aliphatic rings. The number of nitrogen functional groups attached to an aromatic ring is 1. The second-order valence-corrected chi connectivity index (χ2v) is 12.0. The van der Waals surface area contributed by atoms with Crippen molar-refractivity contribution in [1.29, 1.82) is 0 Å². The Morgan fingerprint density at radius 3 is 2.00 bits per heavy atom. The van der Waals surface area contributed by atoms with Crippen LogP contribution in [0, 0.1) is 27.7 Å². The molecule has 0 unspecified atom stereocenters. The van der Waals surface area contributed by atoms with Crippen LogP contribution in [0.25, 0.3) is 10.8 Å². The first-order valence-electron chi connectivity index (χ1n) is 11.8. The van der Waals surface area contributed by atoms with Crippen LogP contribution in [0.1, 0.15) is 22.8 Å². The number of nitrogens with zero attached hydrogens (tertiary/aromatic N) is 6. The van der Waals surface area contributed by atoms with Crippen molar-refractivity contribution < 1.29 is 31.0 Å². The molecule has 3 aromatic carbocycles. The molecule has 0 radical (unpaired) electrons. The number of fused-ring (bicyclic) bond motifs is 1. The number of anilines is 3. The van der Waals surface area contributed by atoms with Gasteiger partial charge in [0.1, 0.15) is 27.9 Å². The number of nitrogens with two attached hydrogens (primary N) is 1. The Morgan fingerprint density at radius 1 is 0.854 bits per heavy atom. The van der Waals surface area contributed by atoms with E-state index in [1.807, 2.05) is 19.1 Å². The summed E-state index contributed by atoms with van der Waals surface area (Å²) in [5, 5.41) is 20.4. The molecule has 41 heavy (non-hydrogen) atoms. The van der Waals surface area contributed by atoms with E-state index in [4.69, 9.17) is 10.3 Å². The molecule has 4 aromatic rings. The first-order chi connectivity index (χ1) is 18.9. The molecule has 0 fully saturated rings. The van der Waals surface area contributed by atoms with Crippen molar-refractivity contribution in [2.45, 2.75) is 32.6 Å². The van der Waals surface area contributed by atoms with Gasteiger partial charge in [-0.25, -0.2) is 4.98 Å². The van der Waals surface area contributed by atoms with Crippen LogP contribution in [-0.4, -0.2) is 59.3 Å². The number of hydrogen-bond donors (Lipinski definition) is 4. The second kappa shape index (κ2) is 11.7. The Labute approximate surface area is 237 Å². The zero-order valence-corrected chi connectivity index (χ0v) is 24.6. The summed E-state index contributed by atoms with van der Waals surface area (Å²) in [4.78, 5) is 14.0. The maximum atomic E-state index is 12.0. The molecule has 0 atom stereocenters. The van der Waals surface area contributed by atoms with Crippen LogP contribution in [0.3, 0.4) is 0 Å². The Balaban J connectivity index is 0.000000850. The van der Waals surface area contributed by atoms with Crippen molar-refractivity contribution >= 4 is 59.7 Å². The fourth-order valence-electron chi connectivity index (χ4n) is 3.84. The van der Waals surface area contributed by atoms with Crippen LogP contribution in [0.15, 0.2) is 51.5 Å². The minimum atomic E-state index is -4.62. The summed E-state index contributed by atoms with van der Waals surface area (Å²) < 4.78 is 59.7. The Hall–Kier alpha value is -4.25. The van der Waals surface area contributed by atoms with Crippen LogP contribution in [0.5, 0.6) is 5.75 Å². The molecule has 16 heteroatoms. The van der Waals surface area contributed by atoms with Crippen molar-refractivity contribution in [2.24, 2.45) is 10.2 Å². The van der Waals surface area contributed by atoms with Gasteiger partial charge in [-0.1, -0.05) is 12.1 Å². The maximum absolute atomic E-state index is 12.0. The largest absolute Gasteiger partial charge is 0.505 e. The molecule has 218 valence electrons. The van der Waals surface area contributed by atoms with E-state index in [0.717, 1.165) is 10.9 Å². The average molecular weight is 604 g/mol. The van der Waals surface area contributed by atoms with Gasteiger partial charge in [0.05, 0.1) is 6.26 Å². The monoisotopic (exact) mass is 603 g/mol. The first kappa shape index (κ1) is 31.3. The van der Waals surface area contributed by atoms with E-state index in [0.29, 0.717) is 46.2 Å². The number of phenols is 1. The predicted molar refractivity (Wildman–Crippen MR) is 155 cm³/mol. The molecule has 14 nitrogen and oxygen atoms in total. The van der Waals surface area contributed by atoms with E-state index in [-0.39, 0.29) is 17.1 Å². The quantitative estimate of drug-likeness (QED) is 0.141. The zero-order chi connectivity index (χ0) is 30.9. The van der Waals surface area contributed by atoms with Gasteiger partial charge in [0.25, 0.3) is 20.2 Å². The van der Waals surface area contributed by atoms with Crippen molar-refractivity contribution in [2.75, 3.05) is 23.9 Å².